The van der Waals surface area contributed by atoms with Gasteiger partial charge in [-0.15, -0.1) is 0 Å². The van der Waals surface area contributed by atoms with Gasteiger partial charge in [-0.3, -0.25) is 4.79 Å². The molecule has 1 aliphatic rings. The third kappa shape index (κ3) is 2.37. The number of anilines is 1. The van der Waals surface area contributed by atoms with Gasteiger partial charge >= 0.3 is 0 Å². The number of carbonyl (C=O) groups is 1. The number of fused-ring (bicyclic) bond motifs is 1. The highest BCUT2D eigenvalue weighted by Crippen LogP contribution is 2.38. The lowest BCUT2D eigenvalue weighted by Crippen LogP contribution is -2.30. The minimum Gasteiger partial charge on any atom is -0.311 e. The molecule has 22 heavy (non-hydrogen) atoms. The Bertz CT molecular complexity index is 759. The van der Waals surface area contributed by atoms with Gasteiger partial charge in [0.15, 0.2) is 0 Å². The molecule has 1 N–H and O–H groups in total. The number of rotatable bonds is 1. The number of amides is 1. The molecule has 1 aromatic heterocycles. The summed E-state index contributed by atoms with van der Waals surface area (Å²) in [6.45, 7) is 6.16. The third-order valence-corrected chi connectivity index (χ3v) is 3.90. The van der Waals surface area contributed by atoms with Crippen molar-refractivity contribution in [3.63, 3.8) is 0 Å². The van der Waals surface area contributed by atoms with Crippen molar-refractivity contribution in [2.45, 2.75) is 38.6 Å². The highest BCUT2D eigenvalue weighted by molar-refractivity contribution is 5.94. The van der Waals surface area contributed by atoms with Gasteiger partial charge in [-0.05, 0) is 38.5 Å². The molecule has 112 valence electrons. The van der Waals surface area contributed by atoms with E-state index in [2.05, 4.69) is 37.3 Å². The van der Waals surface area contributed by atoms with Crippen molar-refractivity contribution in [1.29, 1.82) is 5.26 Å². The molecule has 1 atom stereocenters. The quantitative estimate of drug-likeness (QED) is 0.879. The molecule has 0 unspecified atom stereocenters. The van der Waals surface area contributed by atoms with Crippen molar-refractivity contribution in [3.05, 3.63) is 47.2 Å². The molecule has 2 heterocycles. The molecular weight excluding hydrogens is 276 g/mol. The number of hydrogen-bond acceptors (Lipinski definition) is 3. The fourth-order valence-electron chi connectivity index (χ4n) is 2.82. The average Bonchev–Trinajstić information content (AvgIpc) is 2.90. The first-order valence-electron chi connectivity index (χ1n) is 7.28. The molecular formula is C17H18N4O. The zero-order valence-corrected chi connectivity index (χ0v) is 12.9. The molecule has 2 aromatic rings. The van der Waals surface area contributed by atoms with Gasteiger partial charge < -0.3 is 5.32 Å². The predicted molar refractivity (Wildman–Crippen MR) is 83.5 cm³/mol. The normalized spacial score (nSPS) is 17.5. The van der Waals surface area contributed by atoms with Crippen molar-refractivity contribution in [3.8, 4) is 6.07 Å². The Morgan fingerprint density at radius 1 is 1.32 bits per heavy atom. The largest absolute Gasteiger partial charge is 0.311 e. The summed E-state index contributed by atoms with van der Waals surface area (Å²) in [5, 5.41) is 16.3. The molecule has 0 saturated heterocycles. The van der Waals surface area contributed by atoms with E-state index >= 15 is 0 Å². The van der Waals surface area contributed by atoms with Gasteiger partial charge in [0.05, 0.1) is 23.4 Å². The van der Waals surface area contributed by atoms with Crippen LogP contribution >= 0.6 is 0 Å². The van der Waals surface area contributed by atoms with E-state index in [-0.39, 0.29) is 17.4 Å². The van der Waals surface area contributed by atoms with Crippen LogP contribution in [-0.4, -0.2) is 15.7 Å². The Morgan fingerprint density at radius 2 is 2.00 bits per heavy atom. The van der Waals surface area contributed by atoms with Gasteiger partial charge in [0.2, 0.25) is 5.91 Å². The molecule has 0 spiro atoms. The Labute approximate surface area is 129 Å². The SMILES string of the molecule is CC(C)(C)n1ncc2c1NC(=O)C[C@H]2c1ccc(C#N)cc1. The molecule has 0 fully saturated rings. The van der Waals surface area contributed by atoms with Gasteiger partial charge in [0, 0.05) is 17.9 Å². The van der Waals surface area contributed by atoms with Crippen molar-refractivity contribution in [2.75, 3.05) is 5.32 Å². The van der Waals surface area contributed by atoms with E-state index in [0.717, 1.165) is 16.9 Å². The van der Waals surface area contributed by atoms with E-state index in [4.69, 9.17) is 5.26 Å². The van der Waals surface area contributed by atoms with E-state index in [1.807, 2.05) is 23.0 Å². The summed E-state index contributed by atoms with van der Waals surface area (Å²) >= 11 is 0. The smallest absolute Gasteiger partial charge is 0.226 e. The number of hydrogen-bond donors (Lipinski definition) is 1. The van der Waals surface area contributed by atoms with Gasteiger partial charge in [0.25, 0.3) is 0 Å². The summed E-state index contributed by atoms with van der Waals surface area (Å²) in [6, 6.07) is 9.52. The molecule has 5 heteroatoms. The zero-order valence-electron chi connectivity index (χ0n) is 12.9. The second kappa shape index (κ2) is 4.99. The predicted octanol–water partition coefficient (Wildman–Crippen LogP) is 2.98. The van der Waals surface area contributed by atoms with Gasteiger partial charge in [-0.25, -0.2) is 4.68 Å². The number of carbonyl (C=O) groups excluding carboxylic acids is 1. The summed E-state index contributed by atoms with van der Waals surface area (Å²) in [7, 11) is 0. The third-order valence-electron chi connectivity index (χ3n) is 3.90. The van der Waals surface area contributed by atoms with Crippen LogP contribution in [0.15, 0.2) is 30.5 Å². The maximum absolute atomic E-state index is 12.1. The lowest BCUT2D eigenvalue weighted by molar-refractivity contribution is -0.116. The van der Waals surface area contributed by atoms with Crippen molar-refractivity contribution >= 4 is 11.7 Å². The summed E-state index contributed by atoms with van der Waals surface area (Å²) in [4.78, 5) is 12.1. The molecule has 1 amide bonds. The van der Waals surface area contributed by atoms with Crippen LogP contribution in [0.3, 0.4) is 0 Å². The minimum atomic E-state index is -0.201. The Hall–Kier alpha value is -2.61. The fourth-order valence-corrected chi connectivity index (χ4v) is 2.82. The van der Waals surface area contributed by atoms with Crippen LogP contribution in [0.2, 0.25) is 0 Å². The summed E-state index contributed by atoms with van der Waals surface area (Å²) in [5.41, 5.74) is 2.48. The zero-order chi connectivity index (χ0) is 15.9. The first-order chi connectivity index (χ1) is 10.4. The van der Waals surface area contributed by atoms with Gasteiger partial charge in [-0.1, -0.05) is 12.1 Å². The number of nitriles is 1. The van der Waals surface area contributed by atoms with Crippen molar-refractivity contribution in [1.82, 2.24) is 9.78 Å². The number of nitrogens with zero attached hydrogens (tertiary/aromatic N) is 3. The first kappa shape index (κ1) is 14.3. The fraction of sp³-hybridized carbons (Fsp3) is 0.353. The molecule has 0 aliphatic carbocycles. The van der Waals surface area contributed by atoms with E-state index in [1.165, 1.54) is 0 Å². The van der Waals surface area contributed by atoms with E-state index in [1.54, 1.807) is 12.1 Å². The second-order valence-corrected chi connectivity index (χ2v) is 6.57. The molecule has 3 rings (SSSR count). The topological polar surface area (TPSA) is 70.7 Å². The number of benzene rings is 1. The molecule has 0 radical (unpaired) electrons. The Kier molecular flexibility index (Phi) is 3.25. The lowest BCUT2D eigenvalue weighted by Gasteiger charge is -2.28. The van der Waals surface area contributed by atoms with Crippen molar-refractivity contribution in [2.24, 2.45) is 0 Å². The molecule has 0 saturated carbocycles. The minimum absolute atomic E-state index is 0.00661. The van der Waals surface area contributed by atoms with Gasteiger partial charge in [-0.2, -0.15) is 10.4 Å². The van der Waals surface area contributed by atoms with Crippen molar-refractivity contribution < 1.29 is 4.79 Å². The van der Waals surface area contributed by atoms with Gasteiger partial charge in [0.1, 0.15) is 5.82 Å². The van der Waals surface area contributed by atoms with Crippen LogP contribution in [-0.2, 0) is 10.3 Å². The second-order valence-electron chi connectivity index (χ2n) is 6.57. The molecule has 1 aliphatic heterocycles. The van der Waals surface area contributed by atoms with Crippen LogP contribution in [0.1, 0.15) is 49.8 Å². The van der Waals surface area contributed by atoms with Crippen LogP contribution < -0.4 is 5.32 Å². The first-order valence-corrected chi connectivity index (χ1v) is 7.28. The van der Waals surface area contributed by atoms with Crippen LogP contribution in [0.5, 0.6) is 0 Å². The Morgan fingerprint density at radius 3 is 2.59 bits per heavy atom. The maximum atomic E-state index is 12.1. The summed E-state index contributed by atoms with van der Waals surface area (Å²) in [5.74, 6) is 0.749. The standard InChI is InChI=1S/C17H18N4O/c1-17(2,3)21-16-14(10-19-21)13(8-15(22)20-16)12-6-4-11(9-18)5-7-12/h4-7,10,13H,8H2,1-3H3,(H,20,22)/t13-/m0/s1. The van der Waals surface area contributed by atoms with E-state index in [0.29, 0.717) is 12.0 Å². The van der Waals surface area contributed by atoms with Crippen LogP contribution in [0, 0.1) is 11.3 Å². The van der Waals surface area contributed by atoms with Crippen LogP contribution in [0.4, 0.5) is 5.82 Å². The molecule has 5 nitrogen and oxygen atoms in total. The molecule has 1 aromatic carbocycles. The molecule has 0 bridgehead atoms. The van der Waals surface area contributed by atoms with E-state index < -0.39 is 0 Å². The highest BCUT2D eigenvalue weighted by Gasteiger charge is 2.32. The maximum Gasteiger partial charge on any atom is 0.226 e. The lowest BCUT2D eigenvalue weighted by atomic mass is 9.87. The van der Waals surface area contributed by atoms with E-state index in [9.17, 15) is 4.79 Å². The highest BCUT2D eigenvalue weighted by atomic mass is 16.1. The number of aromatic nitrogens is 2. The monoisotopic (exact) mass is 294 g/mol. The summed E-state index contributed by atoms with van der Waals surface area (Å²) in [6.07, 6.45) is 2.23. The number of nitrogens with one attached hydrogen (secondary N) is 1. The Balaban J connectivity index is 2.07. The average molecular weight is 294 g/mol. The summed E-state index contributed by atoms with van der Waals surface area (Å²) < 4.78 is 1.86. The van der Waals surface area contributed by atoms with Crippen LogP contribution in [0.25, 0.3) is 0 Å².